The highest BCUT2D eigenvalue weighted by Crippen LogP contribution is 2.34. The molecule has 2 N–H and O–H groups in total. The summed E-state index contributed by atoms with van der Waals surface area (Å²) in [6.07, 6.45) is -5.95. The summed E-state index contributed by atoms with van der Waals surface area (Å²) in [5.74, 6) is 0.480. The van der Waals surface area contributed by atoms with Gasteiger partial charge in [0.05, 0.1) is 13.2 Å². The Kier molecular flexibility index (Phi) is 2.91. The molecule has 0 amide bonds. The van der Waals surface area contributed by atoms with Crippen molar-refractivity contribution in [2.45, 2.75) is 24.7 Å². The van der Waals surface area contributed by atoms with Gasteiger partial charge in [0.2, 0.25) is 0 Å². The number of fused-ring (bicyclic) bond motifs is 1. The van der Waals surface area contributed by atoms with E-state index in [9.17, 15) is 18.3 Å². The quantitative estimate of drug-likeness (QED) is 0.797. The molecule has 1 aromatic carbocycles. The van der Waals surface area contributed by atoms with Crippen LogP contribution in [0.15, 0.2) is 18.2 Å². The van der Waals surface area contributed by atoms with Gasteiger partial charge < -0.3 is 15.2 Å². The Morgan fingerprint density at radius 2 is 2.12 bits per heavy atom. The number of benzene rings is 1. The van der Waals surface area contributed by atoms with Crippen molar-refractivity contribution in [2.24, 2.45) is 0 Å². The zero-order valence-corrected chi connectivity index (χ0v) is 9.08. The van der Waals surface area contributed by atoms with Crippen molar-refractivity contribution >= 4 is 5.69 Å². The molecule has 2 rings (SSSR count). The van der Waals surface area contributed by atoms with Crippen LogP contribution < -0.4 is 10.1 Å². The molecule has 0 aromatic heterocycles. The molecule has 3 nitrogen and oxygen atoms in total. The lowest BCUT2D eigenvalue weighted by Crippen LogP contribution is -2.49. The minimum Gasteiger partial charge on any atom is -0.497 e. The van der Waals surface area contributed by atoms with Crippen molar-refractivity contribution in [1.82, 2.24) is 0 Å². The van der Waals surface area contributed by atoms with Crippen LogP contribution in [0.3, 0.4) is 0 Å². The van der Waals surface area contributed by atoms with Crippen molar-refractivity contribution in [3.05, 3.63) is 23.8 Å². The normalized spacial score (nSPS) is 23.8. The van der Waals surface area contributed by atoms with Crippen LogP contribution in [-0.2, 0) is 6.42 Å². The topological polar surface area (TPSA) is 41.5 Å². The number of hydrogen-bond donors (Lipinski definition) is 2. The summed E-state index contributed by atoms with van der Waals surface area (Å²) in [5.41, 5.74) is 1.01. The van der Waals surface area contributed by atoms with Gasteiger partial charge in [-0.3, -0.25) is 0 Å². The molecule has 6 heteroatoms. The van der Waals surface area contributed by atoms with Crippen LogP contribution in [0.2, 0.25) is 0 Å². The van der Waals surface area contributed by atoms with Crippen molar-refractivity contribution in [3.63, 3.8) is 0 Å². The lowest BCUT2D eigenvalue weighted by atomic mass is 9.95. The zero-order valence-electron chi connectivity index (χ0n) is 9.08. The fourth-order valence-electron chi connectivity index (χ4n) is 1.90. The number of aliphatic hydroxyl groups is 1. The second-order valence-electron chi connectivity index (χ2n) is 3.96. The lowest BCUT2D eigenvalue weighted by molar-refractivity contribution is -0.163. The molecule has 94 valence electrons. The molecule has 1 heterocycles. The molecule has 0 spiro atoms. The first-order valence-corrected chi connectivity index (χ1v) is 5.10. The van der Waals surface area contributed by atoms with E-state index in [0.717, 1.165) is 0 Å². The maximum atomic E-state index is 12.6. The molecular formula is C11H12F3NO2. The highest BCUT2D eigenvalue weighted by atomic mass is 19.4. The van der Waals surface area contributed by atoms with Crippen molar-refractivity contribution in [3.8, 4) is 5.75 Å². The summed E-state index contributed by atoms with van der Waals surface area (Å²) < 4.78 is 42.8. The highest BCUT2D eigenvalue weighted by molar-refractivity contribution is 5.58. The number of halogens is 3. The Morgan fingerprint density at radius 1 is 1.41 bits per heavy atom. The van der Waals surface area contributed by atoms with Gasteiger partial charge in [0.15, 0.2) is 0 Å². The Hall–Kier alpha value is -1.43. The number of ether oxygens (including phenoxy) is 1. The summed E-state index contributed by atoms with van der Waals surface area (Å²) in [6.45, 7) is 0. The maximum absolute atomic E-state index is 12.6. The summed E-state index contributed by atoms with van der Waals surface area (Å²) in [7, 11) is 1.45. The third-order valence-corrected chi connectivity index (χ3v) is 2.79. The summed E-state index contributed by atoms with van der Waals surface area (Å²) in [4.78, 5) is 0. The van der Waals surface area contributed by atoms with Gasteiger partial charge in [-0.05, 0) is 11.6 Å². The predicted octanol–water partition coefficient (Wildman–Crippen LogP) is 1.95. The standard InChI is InChI=1S/C11H12F3NO2/c1-17-7-3-2-6-4-9(16)10(11(12,13)14)15-8(6)5-7/h2-3,5,9-10,15-16H,4H2,1H3. The Balaban J connectivity index is 2.32. The molecule has 17 heavy (non-hydrogen) atoms. The minimum absolute atomic E-state index is 0.0174. The Morgan fingerprint density at radius 3 is 2.71 bits per heavy atom. The second kappa shape index (κ2) is 4.10. The smallest absolute Gasteiger partial charge is 0.411 e. The van der Waals surface area contributed by atoms with Gasteiger partial charge in [-0.15, -0.1) is 0 Å². The zero-order chi connectivity index (χ0) is 12.6. The molecule has 0 bridgehead atoms. The first-order valence-electron chi connectivity index (χ1n) is 5.10. The van der Waals surface area contributed by atoms with Gasteiger partial charge in [-0.1, -0.05) is 6.07 Å². The molecule has 0 fully saturated rings. The number of hydrogen-bond acceptors (Lipinski definition) is 3. The van der Waals surface area contributed by atoms with E-state index in [0.29, 0.717) is 17.0 Å². The number of rotatable bonds is 1. The molecule has 0 saturated heterocycles. The van der Waals surface area contributed by atoms with E-state index in [-0.39, 0.29) is 6.42 Å². The minimum atomic E-state index is -4.47. The first-order chi connectivity index (χ1) is 7.91. The van der Waals surface area contributed by atoms with E-state index in [4.69, 9.17) is 4.74 Å². The molecule has 1 aliphatic heterocycles. The number of nitrogens with one attached hydrogen (secondary N) is 1. The molecule has 2 unspecified atom stereocenters. The number of anilines is 1. The number of methoxy groups -OCH3 is 1. The molecule has 1 aliphatic rings. The monoisotopic (exact) mass is 247 g/mol. The van der Waals surface area contributed by atoms with Crippen LogP contribution in [-0.4, -0.2) is 30.5 Å². The number of alkyl halides is 3. The Labute approximate surface area is 96.2 Å². The third kappa shape index (κ3) is 2.31. The lowest BCUT2D eigenvalue weighted by Gasteiger charge is -2.33. The Bertz CT molecular complexity index is 420. The molecule has 0 radical (unpaired) electrons. The van der Waals surface area contributed by atoms with E-state index < -0.39 is 18.3 Å². The summed E-state index contributed by atoms with van der Waals surface area (Å²) >= 11 is 0. The van der Waals surface area contributed by atoms with Crippen LogP contribution >= 0.6 is 0 Å². The SMILES string of the molecule is COc1ccc2c(c1)NC(C(F)(F)F)C(O)C2. The third-order valence-electron chi connectivity index (χ3n) is 2.79. The average Bonchev–Trinajstić information content (AvgIpc) is 2.26. The summed E-state index contributed by atoms with van der Waals surface area (Å²) in [6, 6.07) is 2.88. The van der Waals surface area contributed by atoms with Gasteiger partial charge >= 0.3 is 6.18 Å². The predicted molar refractivity (Wildman–Crippen MR) is 56.2 cm³/mol. The molecule has 0 aliphatic carbocycles. The van der Waals surface area contributed by atoms with E-state index in [2.05, 4.69) is 5.32 Å². The van der Waals surface area contributed by atoms with Gasteiger partial charge in [0.25, 0.3) is 0 Å². The van der Waals surface area contributed by atoms with Crippen molar-refractivity contribution in [2.75, 3.05) is 12.4 Å². The van der Waals surface area contributed by atoms with E-state index >= 15 is 0 Å². The first kappa shape index (κ1) is 12.0. The van der Waals surface area contributed by atoms with Crippen LogP contribution in [0, 0.1) is 0 Å². The van der Waals surface area contributed by atoms with Crippen LogP contribution in [0.5, 0.6) is 5.75 Å². The molecule has 2 atom stereocenters. The fraction of sp³-hybridized carbons (Fsp3) is 0.455. The van der Waals surface area contributed by atoms with Gasteiger partial charge in [0.1, 0.15) is 11.8 Å². The average molecular weight is 247 g/mol. The summed E-state index contributed by atoms with van der Waals surface area (Å²) in [5, 5.41) is 11.8. The van der Waals surface area contributed by atoms with Crippen molar-refractivity contribution in [1.29, 1.82) is 0 Å². The van der Waals surface area contributed by atoms with Gasteiger partial charge in [-0.25, -0.2) is 0 Å². The van der Waals surface area contributed by atoms with Gasteiger partial charge in [-0.2, -0.15) is 13.2 Å². The van der Waals surface area contributed by atoms with E-state index in [1.54, 1.807) is 12.1 Å². The second-order valence-corrected chi connectivity index (χ2v) is 3.96. The van der Waals surface area contributed by atoms with Crippen LogP contribution in [0.4, 0.5) is 18.9 Å². The maximum Gasteiger partial charge on any atom is 0.411 e. The largest absolute Gasteiger partial charge is 0.497 e. The van der Waals surface area contributed by atoms with Crippen LogP contribution in [0.1, 0.15) is 5.56 Å². The molecular weight excluding hydrogens is 235 g/mol. The van der Waals surface area contributed by atoms with Gasteiger partial charge in [0, 0.05) is 18.2 Å². The molecule has 0 saturated carbocycles. The van der Waals surface area contributed by atoms with E-state index in [1.165, 1.54) is 13.2 Å². The highest BCUT2D eigenvalue weighted by Gasteiger charge is 2.46. The number of aliphatic hydroxyl groups excluding tert-OH is 1. The van der Waals surface area contributed by atoms with Crippen molar-refractivity contribution < 1.29 is 23.0 Å². The molecule has 1 aromatic rings. The fourth-order valence-corrected chi connectivity index (χ4v) is 1.90. The van der Waals surface area contributed by atoms with Crippen LogP contribution in [0.25, 0.3) is 0 Å². The van der Waals surface area contributed by atoms with E-state index in [1.807, 2.05) is 0 Å².